The number of nitrogens with one attached hydrogen (secondary N) is 1. The number of likely N-dealkylation sites (N-methyl/N-ethyl adjacent to an activating group) is 1. The first-order valence-electron chi connectivity index (χ1n) is 7.60. The van der Waals surface area contributed by atoms with Crippen LogP contribution in [0.5, 0.6) is 0 Å². The molecule has 0 aromatic carbocycles. The van der Waals surface area contributed by atoms with Crippen molar-refractivity contribution in [2.45, 2.75) is 61.9 Å². The molecule has 0 saturated carbocycles. The minimum Gasteiger partial charge on any atom is -0.335 e. The molecule has 2 heterocycles. The fraction of sp³-hybridized carbons (Fsp3) is 0.800. The van der Waals surface area contributed by atoms with Gasteiger partial charge in [-0.15, -0.1) is 0 Å². The van der Waals surface area contributed by atoms with Gasteiger partial charge in [0, 0.05) is 52.9 Å². The van der Waals surface area contributed by atoms with Crippen molar-refractivity contribution in [2.75, 3.05) is 12.8 Å². The van der Waals surface area contributed by atoms with E-state index in [4.69, 9.17) is 0 Å². The van der Waals surface area contributed by atoms with Gasteiger partial charge in [-0.05, 0) is 13.5 Å². The van der Waals surface area contributed by atoms with Crippen LogP contribution in [0.4, 0.5) is 0 Å². The largest absolute Gasteiger partial charge is 0.335 e. The van der Waals surface area contributed by atoms with Gasteiger partial charge in [0.1, 0.15) is 5.82 Å². The number of hydrogen-bond acceptors (Lipinski definition) is 4. The molecule has 5 heteroatoms. The quantitative estimate of drug-likeness (QED) is 0.874. The molecule has 0 spiro atoms. The Hall–Kier alpha value is -0.130. The SMILES string of the molecule is CCCn1ccnc1CC(NC)C1CSC(C)C(C)S1. The second-order valence-corrected chi connectivity index (χ2v) is 8.59. The highest BCUT2D eigenvalue weighted by Crippen LogP contribution is 2.37. The lowest BCUT2D eigenvalue weighted by Crippen LogP contribution is -2.43. The smallest absolute Gasteiger partial charge is 0.110 e. The number of aryl methyl sites for hydroxylation is 1. The normalized spacial score (nSPS) is 28.5. The van der Waals surface area contributed by atoms with Crippen LogP contribution in [-0.2, 0) is 13.0 Å². The molecule has 1 aliphatic rings. The fourth-order valence-electron chi connectivity index (χ4n) is 2.61. The van der Waals surface area contributed by atoms with Crippen molar-refractivity contribution < 1.29 is 0 Å². The van der Waals surface area contributed by atoms with Gasteiger partial charge in [0.05, 0.1) is 0 Å². The summed E-state index contributed by atoms with van der Waals surface area (Å²) in [6.07, 6.45) is 6.24. The van der Waals surface area contributed by atoms with Crippen LogP contribution in [-0.4, -0.2) is 44.1 Å². The average Bonchev–Trinajstić information content (AvgIpc) is 2.87. The van der Waals surface area contributed by atoms with E-state index >= 15 is 0 Å². The molecule has 20 heavy (non-hydrogen) atoms. The van der Waals surface area contributed by atoms with E-state index in [0.29, 0.717) is 11.3 Å². The Balaban J connectivity index is 1.99. The molecule has 2 rings (SSSR count). The summed E-state index contributed by atoms with van der Waals surface area (Å²) in [6, 6.07) is 0.514. The number of imidazole rings is 1. The van der Waals surface area contributed by atoms with Crippen LogP contribution in [0.15, 0.2) is 12.4 Å². The minimum atomic E-state index is 0.514. The summed E-state index contributed by atoms with van der Waals surface area (Å²) < 4.78 is 2.30. The Morgan fingerprint density at radius 1 is 1.45 bits per heavy atom. The van der Waals surface area contributed by atoms with Crippen LogP contribution < -0.4 is 5.32 Å². The van der Waals surface area contributed by atoms with E-state index < -0.39 is 0 Å². The minimum absolute atomic E-state index is 0.514. The van der Waals surface area contributed by atoms with E-state index in [2.05, 4.69) is 72.4 Å². The Kier molecular flexibility index (Phi) is 6.30. The maximum absolute atomic E-state index is 4.56. The van der Waals surface area contributed by atoms with Gasteiger partial charge in [0.15, 0.2) is 0 Å². The molecular weight excluding hydrogens is 286 g/mol. The lowest BCUT2D eigenvalue weighted by molar-refractivity contribution is 0.519. The van der Waals surface area contributed by atoms with Crippen molar-refractivity contribution in [1.29, 1.82) is 0 Å². The first-order chi connectivity index (χ1) is 9.65. The van der Waals surface area contributed by atoms with Gasteiger partial charge < -0.3 is 9.88 Å². The van der Waals surface area contributed by atoms with E-state index in [9.17, 15) is 0 Å². The van der Waals surface area contributed by atoms with Gasteiger partial charge in [0.2, 0.25) is 0 Å². The molecule has 1 saturated heterocycles. The van der Waals surface area contributed by atoms with Crippen LogP contribution in [0, 0.1) is 0 Å². The molecule has 1 aromatic heterocycles. The number of aromatic nitrogens is 2. The second kappa shape index (κ2) is 7.76. The number of thioether (sulfide) groups is 2. The first-order valence-corrected chi connectivity index (χ1v) is 9.59. The van der Waals surface area contributed by atoms with E-state index in [-0.39, 0.29) is 0 Å². The standard InChI is InChI=1S/C15H27N3S2/c1-5-7-18-8-6-17-15(18)9-13(16-4)14-10-19-11(2)12(3)20-14/h6,8,11-14,16H,5,7,9-10H2,1-4H3. The van der Waals surface area contributed by atoms with Crippen molar-refractivity contribution in [3.8, 4) is 0 Å². The monoisotopic (exact) mass is 313 g/mol. The van der Waals surface area contributed by atoms with E-state index in [1.165, 1.54) is 11.6 Å². The molecule has 1 aromatic rings. The van der Waals surface area contributed by atoms with Crippen molar-refractivity contribution >= 4 is 23.5 Å². The van der Waals surface area contributed by atoms with E-state index in [0.717, 1.165) is 29.9 Å². The average molecular weight is 314 g/mol. The van der Waals surface area contributed by atoms with Crippen molar-refractivity contribution in [3.05, 3.63) is 18.2 Å². The maximum atomic E-state index is 4.56. The Morgan fingerprint density at radius 3 is 2.90 bits per heavy atom. The maximum Gasteiger partial charge on any atom is 0.110 e. The summed E-state index contributed by atoms with van der Waals surface area (Å²) in [4.78, 5) is 4.56. The zero-order valence-electron chi connectivity index (χ0n) is 13.0. The zero-order chi connectivity index (χ0) is 14.5. The van der Waals surface area contributed by atoms with Crippen molar-refractivity contribution in [2.24, 2.45) is 0 Å². The van der Waals surface area contributed by atoms with Gasteiger partial charge >= 0.3 is 0 Å². The number of hydrogen-bond donors (Lipinski definition) is 1. The highest BCUT2D eigenvalue weighted by atomic mass is 32.2. The van der Waals surface area contributed by atoms with Gasteiger partial charge in [-0.25, -0.2) is 4.98 Å². The topological polar surface area (TPSA) is 29.9 Å². The summed E-state index contributed by atoms with van der Waals surface area (Å²) in [6.45, 7) is 8.00. The molecule has 0 aliphatic carbocycles. The Labute approximate surface area is 131 Å². The van der Waals surface area contributed by atoms with Gasteiger partial charge in [-0.2, -0.15) is 23.5 Å². The first kappa shape index (κ1) is 16.2. The Morgan fingerprint density at radius 2 is 2.25 bits per heavy atom. The Bertz CT molecular complexity index is 408. The molecule has 1 fully saturated rings. The third-order valence-electron chi connectivity index (χ3n) is 4.06. The van der Waals surface area contributed by atoms with E-state index in [1.807, 2.05) is 6.20 Å². The molecule has 0 bridgehead atoms. The lowest BCUT2D eigenvalue weighted by Gasteiger charge is -2.35. The van der Waals surface area contributed by atoms with Crippen molar-refractivity contribution in [1.82, 2.24) is 14.9 Å². The fourth-order valence-corrected chi connectivity index (χ4v) is 5.78. The van der Waals surface area contributed by atoms with Gasteiger partial charge in [0.25, 0.3) is 0 Å². The van der Waals surface area contributed by atoms with Crippen LogP contribution in [0.25, 0.3) is 0 Å². The summed E-state index contributed by atoms with van der Waals surface area (Å²) in [7, 11) is 2.09. The third-order valence-corrected chi connectivity index (χ3v) is 7.61. The van der Waals surface area contributed by atoms with Gasteiger partial charge in [-0.1, -0.05) is 20.8 Å². The molecule has 1 N–H and O–H groups in total. The van der Waals surface area contributed by atoms with Gasteiger partial charge in [-0.3, -0.25) is 0 Å². The highest BCUT2D eigenvalue weighted by molar-refractivity contribution is 8.07. The van der Waals surface area contributed by atoms with Crippen LogP contribution in [0.1, 0.15) is 33.0 Å². The molecule has 114 valence electrons. The molecule has 0 amide bonds. The highest BCUT2D eigenvalue weighted by Gasteiger charge is 2.31. The molecule has 4 atom stereocenters. The predicted octanol–water partition coefficient (Wildman–Crippen LogP) is 3.05. The molecule has 0 radical (unpaired) electrons. The second-order valence-electron chi connectivity index (χ2n) is 5.55. The predicted molar refractivity (Wildman–Crippen MR) is 91.8 cm³/mol. The van der Waals surface area contributed by atoms with Crippen molar-refractivity contribution in [3.63, 3.8) is 0 Å². The summed E-state index contributed by atoms with van der Waals surface area (Å²) in [5, 5.41) is 5.73. The molecule has 3 nitrogen and oxygen atoms in total. The summed E-state index contributed by atoms with van der Waals surface area (Å²) >= 11 is 4.26. The molecular formula is C15H27N3S2. The number of nitrogens with zero attached hydrogens (tertiary/aromatic N) is 2. The van der Waals surface area contributed by atoms with E-state index in [1.54, 1.807) is 0 Å². The summed E-state index contributed by atoms with van der Waals surface area (Å²) in [5.74, 6) is 2.47. The molecule has 1 aliphatic heterocycles. The van der Waals surface area contributed by atoms with Crippen LogP contribution in [0.2, 0.25) is 0 Å². The summed E-state index contributed by atoms with van der Waals surface area (Å²) in [5.41, 5.74) is 0. The van der Waals surface area contributed by atoms with Crippen LogP contribution in [0.3, 0.4) is 0 Å². The zero-order valence-corrected chi connectivity index (χ0v) is 14.6. The number of rotatable bonds is 6. The lowest BCUT2D eigenvalue weighted by atomic mass is 10.1. The van der Waals surface area contributed by atoms with Crippen LogP contribution >= 0.6 is 23.5 Å². The third kappa shape index (κ3) is 3.95. The molecule has 4 unspecified atom stereocenters.